The minimum absolute atomic E-state index is 0.0252. The number of hydrogen-bond acceptors (Lipinski definition) is 2. The van der Waals surface area contributed by atoms with E-state index in [4.69, 9.17) is 4.74 Å². The smallest absolute Gasteiger partial charge is 0.235 e. The lowest BCUT2D eigenvalue weighted by molar-refractivity contribution is 0.0919. The van der Waals surface area contributed by atoms with Gasteiger partial charge in [-0.15, -0.1) is 0 Å². The summed E-state index contributed by atoms with van der Waals surface area (Å²) < 4.78 is 7.33. The van der Waals surface area contributed by atoms with Gasteiger partial charge in [-0.1, -0.05) is 71.8 Å². The first kappa shape index (κ1) is 18.1. The van der Waals surface area contributed by atoms with E-state index in [0.29, 0.717) is 12.2 Å². The second kappa shape index (κ2) is 7.35. The van der Waals surface area contributed by atoms with E-state index in [1.807, 2.05) is 61.7 Å². The van der Waals surface area contributed by atoms with Crippen LogP contribution in [0, 0.1) is 13.8 Å². The van der Waals surface area contributed by atoms with Crippen molar-refractivity contribution < 1.29 is 9.53 Å². The van der Waals surface area contributed by atoms with E-state index >= 15 is 0 Å². The molecule has 0 radical (unpaired) electrons. The van der Waals surface area contributed by atoms with Crippen molar-refractivity contribution >= 4 is 16.8 Å². The van der Waals surface area contributed by atoms with Crippen molar-refractivity contribution in [2.45, 2.75) is 20.3 Å². The lowest BCUT2D eigenvalue weighted by atomic mass is 10.0. The summed E-state index contributed by atoms with van der Waals surface area (Å²) in [6, 6.07) is 22.4. The first-order valence-electron chi connectivity index (χ1n) is 9.40. The zero-order valence-corrected chi connectivity index (χ0v) is 16.4. The summed E-state index contributed by atoms with van der Waals surface area (Å²) in [5, 5.41) is 1.02. The lowest BCUT2D eigenvalue weighted by Gasteiger charge is -2.08. The van der Waals surface area contributed by atoms with Crippen LogP contribution in [0.5, 0.6) is 5.75 Å². The Labute approximate surface area is 165 Å². The summed E-state index contributed by atoms with van der Waals surface area (Å²) in [6.07, 6.45) is 2.29. The molecule has 0 unspecified atom stereocenters. The van der Waals surface area contributed by atoms with Crippen LogP contribution in [0.15, 0.2) is 72.9 Å². The third kappa shape index (κ3) is 3.31. The highest BCUT2D eigenvalue weighted by Crippen LogP contribution is 2.36. The molecule has 0 fully saturated rings. The second-order valence-corrected chi connectivity index (χ2v) is 7.19. The number of para-hydroxylation sites is 1. The van der Waals surface area contributed by atoms with Gasteiger partial charge in [-0.05, 0) is 31.0 Å². The highest BCUT2D eigenvalue weighted by atomic mass is 16.5. The van der Waals surface area contributed by atoms with Gasteiger partial charge in [-0.3, -0.25) is 9.36 Å². The number of carbonyl (C=O) groups is 1. The van der Waals surface area contributed by atoms with Crippen molar-refractivity contribution in [3.05, 3.63) is 89.6 Å². The van der Waals surface area contributed by atoms with Gasteiger partial charge in [-0.25, -0.2) is 0 Å². The third-order valence-corrected chi connectivity index (χ3v) is 5.08. The number of nitrogens with zero attached hydrogens (tertiary/aromatic N) is 1. The summed E-state index contributed by atoms with van der Waals surface area (Å²) in [4.78, 5) is 13.2. The Balaban J connectivity index is 1.85. The molecule has 0 N–H and O–H groups in total. The average Bonchev–Trinajstić information content (AvgIpc) is 3.10. The molecule has 0 atom stereocenters. The average molecular weight is 369 g/mol. The summed E-state index contributed by atoms with van der Waals surface area (Å²) in [7, 11) is 1.64. The lowest BCUT2D eigenvalue weighted by Crippen LogP contribution is -2.12. The zero-order valence-electron chi connectivity index (χ0n) is 16.4. The fourth-order valence-corrected chi connectivity index (χ4v) is 3.62. The van der Waals surface area contributed by atoms with E-state index in [2.05, 4.69) is 25.1 Å². The molecular weight excluding hydrogens is 346 g/mol. The van der Waals surface area contributed by atoms with Crippen molar-refractivity contribution in [1.29, 1.82) is 0 Å². The van der Waals surface area contributed by atoms with Crippen molar-refractivity contribution in [2.75, 3.05) is 7.11 Å². The summed E-state index contributed by atoms with van der Waals surface area (Å²) in [6.45, 7) is 4.12. The monoisotopic (exact) mass is 369 g/mol. The predicted octanol–water partition coefficient (Wildman–Crippen LogP) is 5.82. The maximum absolute atomic E-state index is 13.2. The minimum atomic E-state index is 0.0252. The largest absolute Gasteiger partial charge is 0.495 e. The second-order valence-electron chi connectivity index (χ2n) is 7.19. The van der Waals surface area contributed by atoms with Crippen LogP contribution in [-0.2, 0) is 6.42 Å². The van der Waals surface area contributed by atoms with Crippen LogP contribution in [0.3, 0.4) is 0 Å². The normalized spacial score (nSPS) is 11.0. The van der Waals surface area contributed by atoms with Crippen LogP contribution < -0.4 is 4.74 Å². The fourth-order valence-electron chi connectivity index (χ4n) is 3.62. The molecule has 1 aromatic heterocycles. The summed E-state index contributed by atoms with van der Waals surface area (Å²) >= 11 is 0. The molecule has 0 aliphatic carbocycles. The molecule has 0 aliphatic heterocycles. The first-order valence-corrected chi connectivity index (χ1v) is 9.40. The zero-order chi connectivity index (χ0) is 19.7. The number of aromatic nitrogens is 1. The number of methoxy groups -OCH3 is 1. The van der Waals surface area contributed by atoms with E-state index in [1.165, 1.54) is 11.1 Å². The topological polar surface area (TPSA) is 31.2 Å². The van der Waals surface area contributed by atoms with Crippen LogP contribution in [0.25, 0.3) is 22.0 Å². The summed E-state index contributed by atoms with van der Waals surface area (Å²) in [5.74, 6) is 0.728. The van der Waals surface area contributed by atoms with Gasteiger partial charge in [0, 0.05) is 17.1 Å². The molecule has 3 heteroatoms. The Morgan fingerprint density at radius 2 is 1.68 bits per heavy atom. The van der Waals surface area contributed by atoms with Gasteiger partial charge in [0.15, 0.2) is 0 Å². The molecule has 0 amide bonds. The van der Waals surface area contributed by atoms with E-state index in [0.717, 1.165) is 27.6 Å². The van der Waals surface area contributed by atoms with Gasteiger partial charge >= 0.3 is 0 Å². The highest BCUT2D eigenvalue weighted by molar-refractivity contribution is 6.04. The van der Waals surface area contributed by atoms with Crippen LogP contribution in [0.2, 0.25) is 0 Å². The number of hydrogen-bond donors (Lipinski definition) is 0. The first-order chi connectivity index (χ1) is 13.6. The van der Waals surface area contributed by atoms with Crippen LogP contribution in [0.4, 0.5) is 0 Å². The molecule has 3 nitrogen and oxygen atoms in total. The standard InChI is InChI=1S/C25H23NO2/c1-17-10-12-19(13-11-17)15-24(27)26-16-22(20-7-4-6-18(2)14-20)21-8-5-9-23(28-3)25(21)26/h4-14,16H,15H2,1-3H3. The molecule has 0 saturated heterocycles. The van der Waals surface area contributed by atoms with Crippen LogP contribution >= 0.6 is 0 Å². The third-order valence-electron chi connectivity index (χ3n) is 5.08. The Bertz CT molecular complexity index is 1150. The Kier molecular flexibility index (Phi) is 4.74. The molecule has 1 heterocycles. The van der Waals surface area contributed by atoms with Crippen LogP contribution in [0.1, 0.15) is 21.5 Å². The predicted molar refractivity (Wildman–Crippen MR) is 114 cm³/mol. The van der Waals surface area contributed by atoms with Gasteiger partial charge in [0.2, 0.25) is 5.91 Å². The number of ether oxygens (including phenoxy) is 1. The molecule has 0 bridgehead atoms. The molecular formula is C25H23NO2. The van der Waals surface area contributed by atoms with E-state index in [-0.39, 0.29) is 5.91 Å². The van der Waals surface area contributed by atoms with Crippen molar-refractivity contribution in [1.82, 2.24) is 4.57 Å². The van der Waals surface area contributed by atoms with Gasteiger partial charge in [0.05, 0.1) is 19.0 Å². The molecule has 4 aromatic rings. The number of carbonyl (C=O) groups excluding carboxylic acids is 1. The number of benzene rings is 3. The molecule has 28 heavy (non-hydrogen) atoms. The van der Waals surface area contributed by atoms with E-state index < -0.39 is 0 Å². The molecule has 3 aromatic carbocycles. The molecule has 4 rings (SSSR count). The van der Waals surface area contributed by atoms with Gasteiger partial charge in [-0.2, -0.15) is 0 Å². The van der Waals surface area contributed by atoms with E-state index in [1.54, 1.807) is 11.7 Å². The van der Waals surface area contributed by atoms with Gasteiger partial charge in [0.1, 0.15) is 5.75 Å². The quantitative estimate of drug-likeness (QED) is 0.454. The van der Waals surface area contributed by atoms with Gasteiger partial charge < -0.3 is 4.74 Å². The Hall–Kier alpha value is -3.33. The molecule has 0 aliphatic rings. The van der Waals surface area contributed by atoms with Gasteiger partial charge in [0.25, 0.3) is 0 Å². The number of rotatable bonds is 4. The molecule has 140 valence electrons. The molecule has 0 spiro atoms. The van der Waals surface area contributed by atoms with Crippen molar-refractivity contribution in [3.63, 3.8) is 0 Å². The highest BCUT2D eigenvalue weighted by Gasteiger charge is 2.18. The van der Waals surface area contributed by atoms with E-state index in [9.17, 15) is 4.79 Å². The maximum atomic E-state index is 13.2. The number of fused-ring (bicyclic) bond motifs is 1. The van der Waals surface area contributed by atoms with Crippen LogP contribution in [-0.4, -0.2) is 17.6 Å². The molecule has 0 saturated carbocycles. The maximum Gasteiger partial charge on any atom is 0.235 e. The van der Waals surface area contributed by atoms with Crippen molar-refractivity contribution in [3.8, 4) is 16.9 Å². The summed E-state index contributed by atoms with van der Waals surface area (Å²) in [5.41, 5.74) is 6.33. The minimum Gasteiger partial charge on any atom is -0.495 e. The number of aryl methyl sites for hydroxylation is 2. The SMILES string of the molecule is COc1cccc2c(-c3cccc(C)c3)cn(C(=O)Cc3ccc(C)cc3)c12. The Morgan fingerprint density at radius 3 is 2.39 bits per heavy atom. The fraction of sp³-hybridized carbons (Fsp3) is 0.160. The van der Waals surface area contributed by atoms with Crippen molar-refractivity contribution in [2.24, 2.45) is 0 Å². The Morgan fingerprint density at radius 1 is 0.929 bits per heavy atom.